The molecule has 8 heteroatoms. The number of benzene rings is 1. The number of aryl methyl sites for hydroxylation is 1. The van der Waals surface area contributed by atoms with Gasteiger partial charge in [0.15, 0.2) is 5.82 Å². The van der Waals surface area contributed by atoms with Crippen molar-refractivity contribution in [2.45, 2.75) is 32.5 Å². The minimum Gasteiger partial charge on any atom is -0.477 e. The van der Waals surface area contributed by atoms with Crippen molar-refractivity contribution in [3.8, 4) is 0 Å². The second-order valence-electron chi connectivity index (χ2n) is 5.70. The minimum absolute atomic E-state index is 0.164. The van der Waals surface area contributed by atoms with Gasteiger partial charge in [-0.05, 0) is 25.8 Å². The van der Waals surface area contributed by atoms with E-state index in [0.29, 0.717) is 19.4 Å². The number of carboxylic acid groups (broad SMARTS) is 1. The fraction of sp³-hybridized carbons (Fsp3) is 0.375. The van der Waals surface area contributed by atoms with Crippen LogP contribution in [0.1, 0.15) is 30.1 Å². The van der Waals surface area contributed by atoms with Crippen LogP contribution in [-0.2, 0) is 6.54 Å². The van der Waals surface area contributed by atoms with E-state index < -0.39 is 40.5 Å². The third kappa shape index (κ3) is 2.34. The Balaban J connectivity index is 2.38. The molecule has 0 saturated carbocycles. The van der Waals surface area contributed by atoms with Gasteiger partial charge in [0.25, 0.3) is 0 Å². The number of pyridine rings is 1. The molecule has 0 aliphatic carbocycles. The summed E-state index contributed by atoms with van der Waals surface area (Å²) in [4.78, 5) is 24.7. The predicted octanol–water partition coefficient (Wildman–Crippen LogP) is 1.92. The molecular formula is C16H16F2N2O4. The second-order valence-corrected chi connectivity index (χ2v) is 5.70. The normalized spacial score (nSPS) is 17.7. The first-order valence-electron chi connectivity index (χ1n) is 7.60. The molecule has 6 nitrogen and oxygen atoms in total. The first-order valence-corrected chi connectivity index (χ1v) is 7.60. The van der Waals surface area contributed by atoms with Crippen molar-refractivity contribution in [2.75, 3.05) is 11.4 Å². The van der Waals surface area contributed by atoms with Crippen LogP contribution in [0.3, 0.4) is 0 Å². The maximum Gasteiger partial charge on any atom is 0.341 e. The number of hydrogen-bond donors (Lipinski definition) is 2. The summed E-state index contributed by atoms with van der Waals surface area (Å²) < 4.78 is 30.7. The summed E-state index contributed by atoms with van der Waals surface area (Å²) in [7, 11) is 0. The van der Waals surface area contributed by atoms with Gasteiger partial charge in [0.05, 0.1) is 10.9 Å². The van der Waals surface area contributed by atoms with E-state index in [1.165, 1.54) is 9.47 Å². The van der Waals surface area contributed by atoms with Crippen LogP contribution in [0.2, 0.25) is 0 Å². The summed E-state index contributed by atoms with van der Waals surface area (Å²) in [6.45, 7) is 2.15. The average molecular weight is 338 g/mol. The van der Waals surface area contributed by atoms with Gasteiger partial charge in [-0.1, -0.05) is 0 Å². The maximum atomic E-state index is 15.0. The minimum atomic E-state index is -1.45. The smallest absolute Gasteiger partial charge is 0.341 e. The maximum absolute atomic E-state index is 15.0. The molecule has 1 fully saturated rings. The summed E-state index contributed by atoms with van der Waals surface area (Å²) in [5.41, 5.74) is -2.04. The Morgan fingerprint density at radius 2 is 2.12 bits per heavy atom. The molecule has 128 valence electrons. The molecule has 3 rings (SSSR count). The SMILES string of the molecule is CCn1cc(C(=O)O)c(=O)c2cc(F)c(N3CCCC3O)c(F)c21. The van der Waals surface area contributed by atoms with Gasteiger partial charge in [0.2, 0.25) is 5.43 Å². The zero-order chi connectivity index (χ0) is 17.6. The Bertz CT molecular complexity index is 894. The van der Waals surface area contributed by atoms with Crippen LogP contribution in [0.4, 0.5) is 14.5 Å². The Hall–Kier alpha value is -2.48. The number of aromatic nitrogens is 1. The molecule has 0 amide bonds. The highest BCUT2D eigenvalue weighted by Crippen LogP contribution is 2.33. The van der Waals surface area contributed by atoms with Crippen molar-refractivity contribution in [3.63, 3.8) is 0 Å². The van der Waals surface area contributed by atoms with Crippen LogP contribution in [0.5, 0.6) is 0 Å². The van der Waals surface area contributed by atoms with Crippen LogP contribution in [0, 0.1) is 11.6 Å². The third-order valence-electron chi connectivity index (χ3n) is 4.31. The molecule has 1 atom stereocenters. The standard InChI is InChI=1S/C16H16F2N2O4/c1-2-19-7-9(16(23)24)15(22)8-6-10(17)14(12(18)13(8)19)20-5-3-4-11(20)21/h6-7,11,21H,2-5H2,1H3,(H,23,24). The Labute approximate surface area is 135 Å². The van der Waals surface area contributed by atoms with Gasteiger partial charge < -0.3 is 19.7 Å². The van der Waals surface area contributed by atoms with E-state index in [-0.39, 0.29) is 17.4 Å². The van der Waals surface area contributed by atoms with Crippen LogP contribution in [0.15, 0.2) is 17.1 Å². The third-order valence-corrected chi connectivity index (χ3v) is 4.31. The zero-order valence-electron chi connectivity index (χ0n) is 12.9. The molecule has 1 aliphatic heterocycles. The van der Waals surface area contributed by atoms with Crippen LogP contribution < -0.4 is 10.3 Å². The molecule has 1 unspecified atom stereocenters. The lowest BCUT2D eigenvalue weighted by molar-refractivity contribution is 0.0695. The highest BCUT2D eigenvalue weighted by Gasteiger charge is 2.30. The van der Waals surface area contributed by atoms with E-state index in [1.807, 2.05) is 0 Å². The van der Waals surface area contributed by atoms with Crippen molar-refractivity contribution in [1.29, 1.82) is 0 Å². The average Bonchev–Trinajstić information content (AvgIpc) is 2.94. The molecule has 2 aromatic rings. The number of aliphatic hydroxyl groups excluding tert-OH is 1. The number of anilines is 1. The molecule has 24 heavy (non-hydrogen) atoms. The molecule has 2 N–H and O–H groups in total. The summed E-state index contributed by atoms with van der Waals surface area (Å²) in [5, 5.41) is 18.7. The van der Waals surface area contributed by atoms with Crippen LogP contribution in [-0.4, -0.2) is 33.5 Å². The lowest BCUT2D eigenvalue weighted by atomic mass is 10.1. The summed E-state index contributed by atoms with van der Waals surface area (Å²) in [5.74, 6) is -3.42. The van der Waals surface area contributed by atoms with Gasteiger partial charge in [-0.15, -0.1) is 0 Å². The number of hydrogen-bond acceptors (Lipinski definition) is 4. The van der Waals surface area contributed by atoms with Crippen molar-refractivity contribution in [1.82, 2.24) is 4.57 Å². The number of nitrogens with zero attached hydrogens (tertiary/aromatic N) is 2. The zero-order valence-corrected chi connectivity index (χ0v) is 12.9. The van der Waals surface area contributed by atoms with Crippen LogP contribution >= 0.6 is 0 Å². The Kier molecular flexibility index (Phi) is 4.00. The Morgan fingerprint density at radius 3 is 2.67 bits per heavy atom. The molecule has 0 radical (unpaired) electrons. The van der Waals surface area contributed by atoms with E-state index in [9.17, 15) is 19.1 Å². The van der Waals surface area contributed by atoms with Gasteiger partial charge in [-0.2, -0.15) is 0 Å². The van der Waals surface area contributed by atoms with Crippen molar-refractivity contribution >= 4 is 22.6 Å². The van der Waals surface area contributed by atoms with Gasteiger partial charge in [0, 0.05) is 19.3 Å². The van der Waals surface area contributed by atoms with Crippen molar-refractivity contribution in [3.05, 3.63) is 39.7 Å². The molecule has 1 aromatic heterocycles. The van der Waals surface area contributed by atoms with Gasteiger partial charge in [0.1, 0.15) is 23.3 Å². The topological polar surface area (TPSA) is 82.8 Å². The quantitative estimate of drug-likeness (QED) is 0.893. The molecule has 0 bridgehead atoms. The lowest BCUT2D eigenvalue weighted by Gasteiger charge is -2.25. The van der Waals surface area contributed by atoms with Gasteiger partial charge >= 0.3 is 5.97 Å². The molecule has 1 saturated heterocycles. The largest absolute Gasteiger partial charge is 0.477 e. The first-order chi connectivity index (χ1) is 11.4. The van der Waals surface area contributed by atoms with E-state index >= 15 is 4.39 Å². The Morgan fingerprint density at radius 1 is 1.42 bits per heavy atom. The molecule has 1 aliphatic rings. The monoisotopic (exact) mass is 338 g/mol. The summed E-state index contributed by atoms with van der Waals surface area (Å²) in [6.07, 6.45) is 1.05. The first kappa shape index (κ1) is 16.4. The fourth-order valence-corrected chi connectivity index (χ4v) is 3.15. The number of aromatic carboxylic acids is 1. The molecular weight excluding hydrogens is 322 g/mol. The molecule has 2 heterocycles. The van der Waals surface area contributed by atoms with E-state index in [4.69, 9.17) is 5.11 Å². The van der Waals surface area contributed by atoms with Crippen molar-refractivity contribution in [2.24, 2.45) is 0 Å². The van der Waals surface area contributed by atoms with Crippen LogP contribution in [0.25, 0.3) is 10.9 Å². The number of halogens is 2. The van der Waals surface area contributed by atoms with E-state index in [1.54, 1.807) is 6.92 Å². The molecule has 1 aromatic carbocycles. The number of fused-ring (bicyclic) bond motifs is 1. The predicted molar refractivity (Wildman–Crippen MR) is 83.3 cm³/mol. The fourth-order valence-electron chi connectivity index (χ4n) is 3.15. The van der Waals surface area contributed by atoms with E-state index in [2.05, 4.69) is 0 Å². The van der Waals surface area contributed by atoms with Gasteiger partial charge in [-0.25, -0.2) is 13.6 Å². The number of carbonyl (C=O) groups is 1. The summed E-state index contributed by atoms with van der Waals surface area (Å²) >= 11 is 0. The van der Waals surface area contributed by atoms with E-state index in [0.717, 1.165) is 12.3 Å². The second kappa shape index (κ2) is 5.86. The number of aliphatic hydroxyl groups is 1. The highest BCUT2D eigenvalue weighted by molar-refractivity contribution is 5.93. The highest BCUT2D eigenvalue weighted by atomic mass is 19.1. The molecule has 0 spiro atoms. The van der Waals surface area contributed by atoms with Crippen molar-refractivity contribution < 1.29 is 23.8 Å². The summed E-state index contributed by atoms with van der Waals surface area (Å²) in [6, 6.07) is 0.847. The van der Waals surface area contributed by atoms with Gasteiger partial charge in [-0.3, -0.25) is 4.79 Å². The number of carboxylic acids is 1. The number of rotatable bonds is 3. The lowest BCUT2D eigenvalue weighted by Crippen LogP contribution is -2.31.